The fourth-order valence-corrected chi connectivity index (χ4v) is 2.20. The first-order valence-corrected chi connectivity index (χ1v) is 6.28. The van der Waals surface area contributed by atoms with E-state index in [1.54, 1.807) is 12.1 Å². The van der Waals surface area contributed by atoms with Gasteiger partial charge in [0.1, 0.15) is 0 Å². The van der Waals surface area contributed by atoms with E-state index in [0.717, 1.165) is 18.5 Å². The largest absolute Gasteiger partial charge is 0.370 e. The highest BCUT2D eigenvalue weighted by Crippen LogP contribution is 2.21. The molecule has 0 heterocycles. The minimum absolute atomic E-state index is 0.380. The van der Waals surface area contributed by atoms with Crippen LogP contribution in [0.2, 0.25) is 0 Å². The lowest BCUT2D eigenvalue weighted by molar-refractivity contribution is 0.703. The molecule has 2 rings (SSSR count). The molecule has 94 valence electrons. The summed E-state index contributed by atoms with van der Waals surface area (Å²) in [6.07, 6.45) is 4.79. The van der Waals surface area contributed by atoms with Gasteiger partial charge in [0.25, 0.3) is 0 Å². The molecule has 0 saturated heterocycles. The molecule has 1 aromatic carbocycles. The van der Waals surface area contributed by atoms with Crippen LogP contribution in [-0.2, 0) is 0 Å². The van der Waals surface area contributed by atoms with Crippen LogP contribution in [0.1, 0.15) is 31.2 Å². The Morgan fingerprint density at radius 1 is 1.33 bits per heavy atom. The summed E-state index contributed by atoms with van der Waals surface area (Å²) in [5.41, 5.74) is 7.61. The van der Waals surface area contributed by atoms with Crippen molar-refractivity contribution in [3.8, 4) is 6.07 Å². The lowest BCUT2D eigenvalue weighted by atomic mass is 10.2. The third-order valence-electron chi connectivity index (χ3n) is 3.37. The van der Waals surface area contributed by atoms with E-state index < -0.39 is 0 Å². The summed E-state index contributed by atoms with van der Waals surface area (Å²) in [6, 6.07) is 9.82. The molecule has 0 atom stereocenters. The van der Waals surface area contributed by atoms with E-state index in [1.165, 1.54) is 12.8 Å². The highest BCUT2D eigenvalue weighted by molar-refractivity contribution is 5.94. The maximum Gasteiger partial charge on any atom is 0.195 e. The summed E-state index contributed by atoms with van der Waals surface area (Å²) >= 11 is 0. The number of hydrogen-bond donors (Lipinski definition) is 1. The van der Waals surface area contributed by atoms with Crippen molar-refractivity contribution < 1.29 is 0 Å². The maximum atomic E-state index is 8.75. The van der Waals surface area contributed by atoms with Crippen LogP contribution in [0.15, 0.2) is 29.3 Å². The Morgan fingerprint density at radius 3 is 2.50 bits per heavy atom. The molecule has 2 N–H and O–H groups in total. The van der Waals surface area contributed by atoms with E-state index in [-0.39, 0.29) is 0 Å². The van der Waals surface area contributed by atoms with Gasteiger partial charge < -0.3 is 10.6 Å². The van der Waals surface area contributed by atoms with Crippen LogP contribution >= 0.6 is 0 Å². The highest BCUT2D eigenvalue weighted by atomic mass is 15.2. The Morgan fingerprint density at radius 2 is 1.94 bits per heavy atom. The molecule has 1 aromatic rings. The zero-order valence-corrected chi connectivity index (χ0v) is 10.6. The minimum atomic E-state index is 0.380. The topological polar surface area (TPSA) is 65.4 Å². The van der Waals surface area contributed by atoms with Crippen LogP contribution in [-0.4, -0.2) is 19.0 Å². The van der Waals surface area contributed by atoms with E-state index in [4.69, 9.17) is 11.0 Å². The van der Waals surface area contributed by atoms with E-state index >= 15 is 0 Å². The van der Waals surface area contributed by atoms with Gasteiger partial charge in [0.15, 0.2) is 5.96 Å². The van der Waals surface area contributed by atoms with Crippen LogP contribution in [0.3, 0.4) is 0 Å². The van der Waals surface area contributed by atoms with Crippen molar-refractivity contribution in [1.82, 2.24) is 0 Å². The molecule has 4 nitrogen and oxygen atoms in total. The fourth-order valence-electron chi connectivity index (χ4n) is 2.20. The first-order chi connectivity index (χ1) is 8.70. The zero-order valence-electron chi connectivity index (χ0n) is 10.6. The zero-order chi connectivity index (χ0) is 13.0. The van der Waals surface area contributed by atoms with Gasteiger partial charge in [0, 0.05) is 12.7 Å². The predicted octanol–water partition coefficient (Wildman–Crippen LogP) is 2.25. The Kier molecular flexibility index (Phi) is 3.83. The van der Waals surface area contributed by atoms with E-state index in [1.807, 2.05) is 24.1 Å². The molecule has 0 radical (unpaired) electrons. The van der Waals surface area contributed by atoms with Gasteiger partial charge >= 0.3 is 0 Å². The first-order valence-electron chi connectivity index (χ1n) is 6.28. The number of hydrogen-bond acceptors (Lipinski definition) is 2. The van der Waals surface area contributed by atoms with E-state index in [9.17, 15) is 0 Å². The lowest BCUT2D eigenvalue weighted by Gasteiger charge is -2.19. The van der Waals surface area contributed by atoms with E-state index in [2.05, 4.69) is 11.1 Å². The molecule has 1 aliphatic rings. The van der Waals surface area contributed by atoms with Crippen molar-refractivity contribution in [1.29, 1.82) is 5.26 Å². The fraction of sp³-hybridized carbons (Fsp3) is 0.429. The highest BCUT2D eigenvalue weighted by Gasteiger charge is 2.15. The Bertz CT molecular complexity index is 464. The predicted molar refractivity (Wildman–Crippen MR) is 73.4 cm³/mol. The second kappa shape index (κ2) is 5.54. The van der Waals surface area contributed by atoms with Gasteiger partial charge in [0.2, 0.25) is 0 Å². The normalized spacial score (nSPS) is 16.6. The molecule has 1 saturated carbocycles. The Balaban J connectivity index is 2.09. The van der Waals surface area contributed by atoms with Crippen LogP contribution < -0.4 is 10.6 Å². The molecule has 18 heavy (non-hydrogen) atoms. The first kappa shape index (κ1) is 12.4. The molecular formula is C14H18N4. The number of rotatable bonds is 2. The van der Waals surface area contributed by atoms with Gasteiger partial charge in [-0.1, -0.05) is 12.8 Å². The maximum absolute atomic E-state index is 8.75. The quantitative estimate of drug-likeness (QED) is 0.639. The summed E-state index contributed by atoms with van der Waals surface area (Å²) in [6.45, 7) is 0. The summed E-state index contributed by atoms with van der Waals surface area (Å²) < 4.78 is 0. The molecule has 0 amide bonds. The van der Waals surface area contributed by atoms with Crippen molar-refractivity contribution in [3.05, 3.63) is 29.8 Å². The number of benzene rings is 1. The average Bonchev–Trinajstić information content (AvgIpc) is 2.91. The second-order valence-electron chi connectivity index (χ2n) is 4.64. The van der Waals surface area contributed by atoms with E-state index in [0.29, 0.717) is 17.6 Å². The van der Waals surface area contributed by atoms with Crippen molar-refractivity contribution >= 4 is 11.6 Å². The number of aliphatic imine (C=N–C) groups is 1. The summed E-state index contributed by atoms with van der Waals surface area (Å²) in [4.78, 5) is 6.41. The SMILES string of the molecule is CN(C(N)=NC1CCCC1)c1ccc(C#N)cc1. The van der Waals surface area contributed by atoms with Gasteiger partial charge in [-0.25, -0.2) is 4.99 Å². The van der Waals surface area contributed by atoms with Gasteiger partial charge in [0.05, 0.1) is 17.7 Å². The van der Waals surface area contributed by atoms with Crippen molar-refractivity contribution in [2.24, 2.45) is 10.7 Å². The van der Waals surface area contributed by atoms with Crippen LogP contribution in [0.25, 0.3) is 0 Å². The molecule has 4 heteroatoms. The molecule has 0 aromatic heterocycles. The molecule has 0 unspecified atom stereocenters. The number of anilines is 1. The standard InChI is InChI=1S/C14H18N4/c1-18(13-8-6-11(10-15)7-9-13)14(16)17-12-4-2-3-5-12/h6-9,12H,2-5H2,1H3,(H2,16,17). The second-order valence-corrected chi connectivity index (χ2v) is 4.64. The van der Waals surface area contributed by atoms with Gasteiger partial charge in [-0.3, -0.25) is 0 Å². The van der Waals surface area contributed by atoms with Crippen molar-refractivity contribution in [2.75, 3.05) is 11.9 Å². The van der Waals surface area contributed by atoms with Crippen molar-refractivity contribution in [3.63, 3.8) is 0 Å². The molecule has 1 aliphatic carbocycles. The molecule has 1 fully saturated rings. The van der Waals surface area contributed by atoms with Crippen LogP contribution in [0, 0.1) is 11.3 Å². The van der Waals surface area contributed by atoms with Gasteiger partial charge in [-0.15, -0.1) is 0 Å². The molecular weight excluding hydrogens is 224 g/mol. The van der Waals surface area contributed by atoms with Crippen LogP contribution in [0.4, 0.5) is 5.69 Å². The molecule has 0 aliphatic heterocycles. The van der Waals surface area contributed by atoms with Gasteiger partial charge in [-0.05, 0) is 37.1 Å². The summed E-state index contributed by atoms with van der Waals surface area (Å²) in [7, 11) is 1.90. The number of nitrogens with zero attached hydrogens (tertiary/aromatic N) is 3. The Hall–Kier alpha value is -2.02. The summed E-state index contributed by atoms with van der Waals surface area (Å²) in [5, 5.41) is 8.75. The lowest BCUT2D eigenvalue weighted by Crippen LogP contribution is -2.35. The van der Waals surface area contributed by atoms with Gasteiger partial charge in [-0.2, -0.15) is 5.26 Å². The summed E-state index contributed by atoms with van der Waals surface area (Å²) in [5.74, 6) is 0.548. The third kappa shape index (κ3) is 2.80. The third-order valence-corrected chi connectivity index (χ3v) is 3.37. The molecule has 0 spiro atoms. The number of guanidine groups is 1. The monoisotopic (exact) mass is 242 g/mol. The minimum Gasteiger partial charge on any atom is -0.370 e. The smallest absolute Gasteiger partial charge is 0.195 e. The number of nitrogens with two attached hydrogens (primary N) is 1. The number of nitriles is 1. The average molecular weight is 242 g/mol. The Labute approximate surface area is 108 Å². The molecule has 0 bridgehead atoms. The van der Waals surface area contributed by atoms with Crippen molar-refractivity contribution in [2.45, 2.75) is 31.7 Å². The van der Waals surface area contributed by atoms with Crippen LogP contribution in [0.5, 0.6) is 0 Å².